The second kappa shape index (κ2) is 4.10. The standard InChI is InChI=1S/C12H16/c1-4-6-12-8-7-10(3)9-11(12)5-2/h4-6,8-10H,2,7H2,1,3H3/b6-4-. The minimum absolute atomic E-state index is 0.659. The van der Waals surface area contributed by atoms with Crippen LogP contribution in [0.15, 0.2) is 48.1 Å². The van der Waals surface area contributed by atoms with Crippen molar-refractivity contribution in [2.24, 2.45) is 5.92 Å². The quantitative estimate of drug-likeness (QED) is 0.578. The van der Waals surface area contributed by atoms with Gasteiger partial charge in [0.25, 0.3) is 0 Å². The molecule has 0 bridgehead atoms. The average molecular weight is 160 g/mol. The zero-order valence-corrected chi connectivity index (χ0v) is 7.88. The third-order valence-corrected chi connectivity index (χ3v) is 2.07. The van der Waals surface area contributed by atoms with Gasteiger partial charge >= 0.3 is 0 Å². The molecule has 0 saturated heterocycles. The molecule has 1 unspecified atom stereocenters. The van der Waals surface area contributed by atoms with Crippen molar-refractivity contribution >= 4 is 0 Å². The number of hydrogen-bond acceptors (Lipinski definition) is 0. The summed E-state index contributed by atoms with van der Waals surface area (Å²) in [6.45, 7) is 8.08. The predicted molar refractivity (Wildman–Crippen MR) is 55.0 cm³/mol. The molecule has 0 aliphatic heterocycles. The lowest BCUT2D eigenvalue weighted by molar-refractivity contribution is 0.728. The van der Waals surface area contributed by atoms with E-state index in [1.54, 1.807) is 0 Å². The molecule has 1 rings (SSSR count). The molecular formula is C12H16. The summed E-state index contributed by atoms with van der Waals surface area (Å²) in [5.41, 5.74) is 2.58. The summed E-state index contributed by atoms with van der Waals surface area (Å²) in [5, 5.41) is 0. The van der Waals surface area contributed by atoms with E-state index in [4.69, 9.17) is 0 Å². The summed E-state index contributed by atoms with van der Waals surface area (Å²) >= 11 is 0. The van der Waals surface area contributed by atoms with E-state index in [2.05, 4.69) is 37.8 Å². The van der Waals surface area contributed by atoms with Crippen molar-refractivity contribution in [3.05, 3.63) is 48.1 Å². The first-order chi connectivity index (χ1) is 5.77. The highest BCUT2D eigenvalue weighted by Gasteiger charge is 2.07. The Morgan fingerprint density at radius 2 is 2.25 bits per heavy atom. The first-order valence-corrected chi connectivity index (χ1v) is 4.45. The largest absolute Gasteiger partial charge is 0.0985 e. The molecule has 1 atom stereocenters. The maximum absolute atomic E-state index is 3.81. The summed E-state index contributed by atoms with van der Waals surface area (Å²) in [6, 6.07) is 0. The van der Waals surface area contributed by atoms with Crippen LogP contribution in [0.25, 0.3) is 0 Å². The van der Waals surface area contributed by atoms with Crippen LogP contribution >= 0.6 is 0 Å². The van der Waals surface area contributed by atoms with Gasteiger partial charge in [-0.2, -0.15) is 0 Å². The van der Waals surface area contributed by atoms with Crippen LogP contribution in [0.3, 0.4) is 0 Å². The van der Waals surface area contributed by atoms with Gasteiger partial charge in [-0.1, -0.05) is 43.9 Å². The van der Waals surface area contributed by atoms with E-state index in [1.165, 1.54) is 11.1 Å². The summed E-state index contributed by atoms with van der Waals surface area (Å²) in [5.74, 6) is 0.659. The predicted octanol–water partition coefficient (Wildman–Crippen LogP) is 3.64. The molecule has 0 aromatic heterocycles. The van der Waals surface area contributed by atoms with Gasteiger partial charge in [0.2, 0.25) is 0 Å². The van der Waals surface area contributed by atoms with Crippen molar-refractivity contribution in [1.82, 2.24) is 0 Å². The molecule has 0 heteroatoms. The smallest absolute Gasteiger partial charge is 0.0218 e. The van der Waals surface area contributed by atoms with Crippen LogP contribution < -0.4 is 0 Å². The molecular weight excluding hydrogens is 144 g/mol. The van der Waals surface area contributed by atoms with Crippen LogP contribution in [-0.2, 0) is 0 Å². The van der Waals surface area contributed by atoms with Gasteiger partial charge in [0.15, 0.2) is 0 Å². The van der Waals surface area contributed by atoms with Crippen LogP contribution in [0.2, 0.25) is 0 Å². The molecule has 12 heavy (non-hydrogen) atoms. The van der Waals surface area contributed by atoms with E-state index in [0.29, 0.717) is 5.92 Å². The SMILES string of the molecule is C=CC1=CC(C)CC=C1/C=C\C. The Kier molecular flexibility index (Phi) is 3.09. The van der Waals surface area contributed by atoms with Crippen molar-refractivity contribution < 1.29 is 0 Å². The van der Waals surface area contributed by atoms with Crippen LogP contribution in [0.4, 0.5) is 0 Å². The zero-order valence-electron chi connectivity index (χ0n) is 7.88. The number of allylic oxidation sites excluding steroid dienone is 7. The topological polar surface area (TPSA) is 0 Å². The lowest BCUT2D eigenvalue weighted by Crippen LogP contribution is -1.98. The average Bonchev–Trinajstić information content (AvgIpc) is 2.08. The van der Waals surface area contributed by atoms with E-state index < -0.39 is 0 Å². The van der Waals surface area contributed by atoms with Crippen LogP contribution in [-0.4, -0.2) is 0 Å². The second-order valence-corrected chi connectivity index (χ2v) is 3.20. The van der Waals surface area contributed by atoms with Gasteiger partial charge in [0.05, 0.1) is 0 Å². The van der Waals surface area contributed by atoms with Crippen molar-refractivity contribution in [1.29, 1.82) is 0 Å². The van der Waals surface area contributed by atoms with Crippen molar-refractivity contribution in [2.75, 3.05) is 0 Å². The molecule has 0 amide bonds. The summed E-state index contributed by atoms with van der Waals surface area (Å²) in [4.78, 5) is 0. The molecule has 0 aromatic carbocycles. The lowest BCUT2D eigenvalue weighted by atomic mass is 9.91. The highest BCUT2D eigenvalue weighted by Crippen LogP contribution is 2.23. The third kappa shape index (κ3) is 1.97. The van der Waals surface area contributed by atoms with Gasteiger partial charge in [-0.3, -0.25) is 0 Å². The molecule has 0 radical (unpaired) electrons. The monoisotopic (exact) mass is 160 g/mol. The zero-order chi connectivity index (χ0) is 8.97. The van der Waals surface area contributed by atoms with Gasteiger partial charge in [-0.25, -0.2) is 0 Å². The van der Waals surface area contributed by atoms with Crippen molar-refractivity contribution in [3.8, 4) is 0 Å². The Morgan fingerprint density at radius 3 is 2.83 bits per heavy atom. The molecule has 0 N–H and O–H groups in total. The first kappa shape index (κ1) is 9.05. The van der Waals surface area contributed by atoms with Crippen LogP contribution in [0.1, 0.15) is 20.3 Å². The minimum atomic E-state index is 0.659. The van der Waals surface area contributed by atoms with Crippen molar-refractivity contribution in [2.45, 2.75) is 20.3 Å². The molecule has 0 fully saturated rings. The van der Waals surface area contributed by atoms with Gasteiger partial charge < -0.3 is 0 Å². The molecule has 64 valence electrons. The Bertz CT molecular complexity index is 251. The van der Waals surface area contributed by atoms with Gasteiger partial charge in [0.1, 0.15) is 0 Å². The highest BCUT2D eigenvalue weighted by molar-refractivity contribution is 5.47. The molecule has 1 aliphatic rings. The molecule has 0 aromatic rings. The maximum atomic E-state index is 3.81. The van der Waals surface area contributed by atoms with E-state index in [-0.39, 0.29) is 0 Å². The Balaban J connectivity index is 2.88. The van der Waals surface area contributed by atoms with E-state index >= 15 is 0 Å². The van der Waals surface area contributed by atoms with E-state index in [0.717, 1.165) is 6.42 Å². The lowest BCUT2D eigenvalue weighted by Gasteiger charge is -2.14. The number of hydrogen-bond donors (Lipinski definition) is 0. The molecule has 0 spiro atoms. The first-order valence-electron chi connectivity index (χ1n) is 4.45. The fourth-order valence-electron chi connectivity index (χ4n) is 1.43. The Hall–Kier alpha value is -1.04. The second-order valence-electron chi connectivity index (χ2n) is 3.20. The maximum Gasteiger partial charge on any atom is -0.0218 e. The van der Waals surface area contributed by atoms with Gasteiger partial charge in [0, 0.05) is 0 Å². The van der Waals surface area contributed by atoms with Crippen LogP contribution in [0, 0.1) is 5.92 Å². The Morgan fingerprint density at radius 1 is 1.50 bits per heavy atom. The van der Waals surface area contributed by atoms with Crippen LogP contribution in [0.5, 0.6) is 0 Å². The molecule has 0 heterocycles. The van der Waals surface area contributed by atoms with E-state index in [9.17, 15) is 0 Å². The Labute approximate surface area is 75.0 Å². The number of rotatable bonds is 2. The highest BCUT2D eigenvalue weighted by atomic mass is 14.1. The normalized spacial score (nSPS) is 23.7. The summed E-state index contributed by atoms with van der Waals surface area (Å²) in [7, 11) is 0. The van der Waals surface area contributed by atoms with Gasteiger partial charge in [-0.15, -0.1) is 0 Å². The minimum Gasteiger partial charge on any atom is -0.0985 e. The van der Waals surface area contributed by atoms with E-state index in [1.807, 2.05) is 13.0 Å². The summed E-state index contributed by atoms with van der Waals surface area (Å²) in [6.07, 6.45) is 11.8. The molecule has 0 nitrogen and oxygen atoms in total. The third-order valence-electron chi connectivity index (χ3n) is 2.07. The fourth-order valence-corrected chi connectivity index (χ4v) is 1.43. The van der Waals surface area contributed by atoms with Gasteiger partial charge in [-0.05, 0) is 30.4 Å². The molecule has 0 saturated carbocycles. The fraction of sp³-hybridized carbons (Fsp3) is 0.333. The summed E-state index contributed by atoms with van der Waals surface area (Å²) < 4.78 is 0. The van der Waals surface area contributed by atoms with Crippen molar-refractivity contribution in [3.63, 3.8) is 0 Å². The molecule has 1 aliphatic carbocycles.